The lowest BCUT2D eigenvalue weighted by Gasteiger charge is -2.22. The molecule has 0 radical (unpaired) electrons. The van der Waals surface area contributed by atoms with Crippen molar-refractivity contribution in [3.63, 3.8) is 0 Å². The largest absolute Gasteiger partial charge is 0.472 e. The van der Waals surface area contributed by atoms with Crippen LogP contribution >= 0.6 is 0 Å². The fourth-order valence-corrected chi connectivity index (χ4v) is 2.67. The number of benzene rings is 2. The molecule has 0 aliphatic heterocycles. The minimum atomic E-state index is -4.64. The summed E-state index contributed by atoms with van der Waals surface area (Å²) in [6.07, 6.45) is -3.91. The van der Waals surface area contributed by atoms with Crippen LogP contribution in [-0.4, -0.2) is 16.5 Å². The van der Waals surface area contributed by atoms with Crippen LogP contribution in [0.4, 0.5) is 24.8 Å². The molecule has 2 aromatic carbocycles. The van der Waals surface area contributed by atoms with Crippen molar-refractivity contribution in [2.75, 3.05) is 11.4 Å². The van der Waals surface area contributed by atoms with Gasteiger partial charge in [-0.05, 0) is 36.8 Å². The lowest BCUT2D eigenvalue weighted by Crippen LogP contribution is -2.20. The topological polar surface area (TPSA) is 62.0 Å². The van der Waals surface area contributed by atoms with Crippen molar-refractivity contribution in [1.82, 2.24) is 9.97 Å². The molecular formula is C21H17F3N4O. The van der Waals surface area contributed by atoms with Crippen molar-refractivity contribution in [2.24, 2.45) is 0 Å². The third kappa shape index (κ3) is 4.82. The molecule has 0 aliphatic rings. The second-order valence-corrected chi connectivity index (χ2v) is 6.06. The summed E-state index contributed by atoms with van der Waals surface area (Å²) >= 11 is 0. The monoisotopic (exact) mass is 398 g/mol. The van der Waals surface area contributed by atoms with Crippen LogP contribution in [0, 0.1) is 11.3 Å². The van der Waals surface area contributed by atoms with Crippen molar-refractivity contribution in [3.05, 3.63) is 77.5 Å². The van der Waals surface area contributed by atoms with Crippen LogP contribution in [-0.2, 0) is 12.8 Å². The zero-order valence-electron chi connectivity index (χ0n) is 15.5. The Balaban J connectivity index is 1.95. The first-order valence-corrected chi connectivity index (χ1v) is 8.81. The molecule has 0 saturated carbocycles. The van der Waals surface area contributed by atoms with Crippen LogP contribution < -0.4 is 9.64 Å². The van der Waals surface area contributed by atoms with Crippen molar-refractivity contribution in [1.29, 1.82) is 5.26 Å². The van der Waals surface area contributed by atoms with Gasteiger partial charge >= 0.3 is 6.18 Å². The molecule has 0 unspecified atom stereocenters. The normalized spacial score (nSPS) is 11.0. The molecule has 3 rings (SSSR count). The van der Waals surface area contributed by atoms with E-state index in [4.69, 9.17) is 10.00 Å². The summed E-state index contributed by atoms with van der Waals surface area (Å²) in [6, 6.07) is 17.5. The number of hydrogen-bond acceptors (Lipinski definition) is 5. The molecule has 0 bridgehead atoms. The molecule has 1 heterocycles. The first kappa shape index (κ1) is 20.1. The summed E-state index contributed by atoms with van der Waals surface area (Å²) < 4.78 is 45.6. The summed E-state index contributed by atoms with van der Waals surface area (Å²) in [5.74, 6) is -0.452. The summed E-state index contributed by atoms with van der Waals surface area (Å²) in [7, 11) is 0. The number of alkyl halides is 3. The number of aromatic nitrogens is 2. The van der Waals surface area contributed by atoms with Crippen LogP contribution in [0.1, 0.15) is 23.6 Å². The summed E-state index contributed by atoms with van der Waals surface area (Å²) in [5, 5.41) is 8.93. The van der Waals surface area contributed by atoms with Crippen molar-refractivity contribution < 1.29 is 17.9 Å². The van der Waals surface area contributed by atoms with Gasteiger partial charge in [-0.25, -0.2) is 4.98 Å². The van der Waals surface area contributed by atoms with Gasteiger partial charge in [-0.2, -0.15) is 23.4 Å². The lowest BCUT2D eigenvalue weighted by molar-refractivity contribution is -0.139. The van der Waals surface area contributed by atoms with Gasteiger partial charge in [-0.1, -0.05) is 30.3 Å². The summed E-state index contributed by atoms with van der Waals surface area (Å²) in [5.41, 5.74) is 0.818. The molecule has 0 atom stereocenters. The van der Waals surface area contributed by atoms with E-state index in [1.807, 2.05) is 19.1 Å². The second kappa shape index (κ2) is 8.61. The number of hydrogen-bond donors (Lipinski definition) is 0. The van der Waals surface area contributed by atoms with Gasteiger partial charge in [0.25, 0.3) is 0 Å². The van der Waals surface area contributed by atoms with Gasteiger partial charge in [0, 0.05) is 18.4 Å². The third-order valence-corrected chi connectivity index (χ3v) is 4.13. The smallest absolute Gasteiger partial charge is 0.423 e. The molecule has 1 aromatic heterocycles. The van der Waals surface area contributed by atoms with E-state index in [0.29, 0.717) is 17.8 Å². The molecule has 0 amide bonds. The highest BCUT2D eigenvalue weighted by Crippen LogP contribution is 2.36. The molecule has 0 aliphatic carbocycles. The van der Waals surface area contributed by atoms with Gasteiger partial charge in [-0.15, -0.1) is 0 Å². The van der Waals surface area contributed by atoms with Crippen molar-refractivity contribution in [3.8, 4) is 11.9 Å². The molecule has 0 fully saturated rings. The van der Waals surface area contributed by atoms with E-state index < -0.39 is 17.6 Å². The highest BCUT2D eigenvalue weighted by atomic mass is 19.4. The quantitative estimate of drug-likeness (QED) is 0.578. The highest BCUT2D eigenvalue weighted by Gasteiger charge is 2.36. The minimum absolute atomic E-state index is 0.0522. The maximum Gasteiger partial charge on any atom is 0.423 e. The Morgan fingerprint density at radius 3 is 2.34 bits per heavy atom. The Morgan fingerprint density at radius 2 is 1.76 bits per heavy atom. The van der Waals surface area contributed by atoms with Crippen LogP contribution in [0.2, 0.25) is 0 Å². The Kier molecular flexibility index (Phi) is 5.98. The average Bonchev–Trinajstić information content (AvgIpc) is 2.73. The first-order valence-electron chi connectivity index (χ1n) is 8.81. The molecule has 0 spiro atoms. The van der Waals surface area contributed by atoms with Crippen LogP contribution in [0.25, 0.3) is 0 Å². The first-order chi connectivity index (χ1) is 13.9. The molecule has 0 N–H and O–H groups in total. The molecule has 148 valence electrons. The van der Waals surface area contributed by atoms with Gasteiger partial charge in [0.1, 0.15) is 12.2 Å². The van der Waals surface area contributed by atoms with Gasteiger partial charge in [0.05, 0.1) is 11.6 Å². The standard InChI is InChI=1S/C21H17F3N4O/c1-2-28(17-10-8-15(12-25)9-11-17)20-26-13-18(21(22,23)24)19(27-20)29-14-16-6-4-3-5-7-16/h3-11,13H,2,14H2,1H3. The van der Waals surface area contributed by atoms with E-state index in [9.17, 15) is 13.2 Å². The Hall–Kier alpha value is -3.60. The lowest BCUT2D eigenvalue weighted by atomic mass is 10.2. The molecular weight excluding hydrogens is 381 g/mol. The Morgan fingerprint density at radius 1 is 1.07 bits per heavy atom. The van der Waals surface area contributed by atoms with Crippen LogP contribution in [0.15, 0.2) is 60.8 Å². The van der Waals surface area contributed by atoms with Crippen molar-refractivity contribution >= 4 is 11.6 Å². The maximum atomic E-state index is 13.4. The van der Waals surface area contributed by atoms with Crippen LogP contribution in [0.5, 0.6) is 5.88 Å². The average molecular weight is 398 g/mol. The van der Waals surface area contributed by atoms with Gasteiger partial charge in [0.15, 0.2) is 0 Å². The van der Waals surface area contributed by atoms with E-state index in [2.05, 4.69) is 9.97 Å². The maximum absolute atomic E-state index is 13.4. The van der Waals surface area contributed by atoms with E-state index in [1.54, 1.807) is 53.4 Å². The molecule has 0 saturated heterocycles. The summed E-state index contributed by atoms with van der Waals surface area (Å²) in [6.45, 7) is 2.18. The number of rotatable bonds is 6. The number of nitriles is 1. The number of nitrogens with zero attached hydrogens (tertiary/aromatic N) is 4. The van der Waals surface area contributed by atoms with Crippen molar-refractivity contribution in [2.45, 2.75) is 19.7 Å². The molecule has 3 aromatic rings. The molecule has 5 nitrogen and oxygen atoms in total. The zero-order chi connectivity index (χ0) is 20.9. The number of ether oxygens (including phenoxy) is 1. The number of halogens is 3. The third-order valence-electron chi connectivity index (χ3n) is 4.13. The Labute approximate surface area is 166 Å². The second-order valence-electron chi connectivity index (χ2n) is 6.06. The summed E-state index contributed by atoms with van der Waals surface area (Å²) in [4.78, 5) is 9.59. The van der Waals surface area contributed by atoms with E-state index in [1.165, 1.54) is 0 Å². The fourth-order valence-electron chi connectivity index (χ4n) is 2.67. The zero-order valence-corrected chi connectivity index (χ0v) is 15.5. The van der Waals surface area contributed by atoms with Gasteiger partial charge in [0.2, 0.25) is 11.8 Å². The van der Waals surface area contributed by atoms with Gasteiger partial charge in [-0.3, -0.25) is 0 Å². The van der Waals surface area contributed by atoms with E-state index in [0.717, 1.165) is 11.8 Å². The number of anilines is 2. The Bertz CT molecular complexity index is 999. The highest BCUT2D eigenvalue weighted by molar-refractivity contribution is 5.59. The SMILES string of the molecule is CCN(c1ccc(C#N)cc1)c1ncc(C(F)(F)F)c(OCc2ccccc2)n1. The molecule has 29 heavy (non-hydrogen) atoms. The fraction of sp³-hybridized carbons (Fsp3) is 0.190. The minimum Gasteiger partial charge on any atom is -0.472 e. The molecule has 8 heteroatoms. The predicted molar refractivity (Wildman–Crippen MR) is 102 cm³/mol. The predicted octanol–water partition coefficient (Wildman–Crippen LogP) is 5.10. The van der Waals surface area contributed by atoms with E-state index >= 15 is 0 Å². The van der Waals surface area contributed by atoms with E-state index in [-0.39, 0.29) is 12.6 Å². The van der Waals surface area contributed by atoms with Gasteiger partial charge < -0.3 is 9.64 Å². The van der Waals surface area contributed by atoms with Crippen LogP contribution in [0.3, 0.4) is 0 Å².